The molecule has 0 aromatic heterocycles. The highest BCUT2D eigenvalue weighted by Crippen LogP contribution is 2.33. The molecule has 0 aliphatic heterocycles. The number of amides is 1. The minimum Gasteiger partial charge on any atom is -0.457 e. The van der Waals surface area contributed by atoms with Gasteiger partial charge in [0.25, 0.3) is 6.43 Å². The van der Waals surface area contributed by atoms with Gasteiger partial charge in [-0.05, 0) is 36.4 Å². The van der Waals surface area contributed by atoms with Gasteiger partial charge in [-0.1, -0.05) is 6.07 Å². The zero-order valence-electron chi connectivity index (χ0n) is 10.3. The van der Waals surface area contributed by atoms with Gasteiger partial charge in [-0.3, -0.25) is 4.79 Å². The number of alkyl halides is 2. The molecule has 0 aliphatic carbocycles. The van der Waals surface area contributed by atoms with Crippen molar-refractivity contribution in [1.29, 1.82) is 0 Å². The number of primary amides is 1. The summed E-state index contributed by atoms with van der Waals surface area (Å²) in [6.45, 7) is 0. The number of rotatable bonds is 4. The van der Waals surface area contributed by atoms with Crippen molar-refractivity contribution >= 4 is 11.6 Å². The third-order valence-electron chi connectivity index (χ3n) is 2.62. The summed E-state index contributed by atoms with van der Waals surface area (Å²) in [5, 5.41) is 0. The Balaban J connectivity index is 2.35. The third-order valence-corrected chi connectivity index (χ3v) is 2.62. The highest BCUT2D eigenvalue weighted by molar-refractivity contribution is 5.93. The number of hydrogen-bond acceptors (Lipinski definition) is 3. The quantitative estimate of drug-likeness (QED) is 0.843. The van der Waals surface area contributed by atoms with E-state index in [1.807, 2.05) is 0 Å². The van der Waals surface area contributed by atoms with Crippen LogP contribution in [-0.2, 0) is 0 Å². The number of ether oxygens (including phenoxy) is 1. The minimum absolute atomic E-state index is 0.0178. The number of halogens is 2. The fourth-order valence-corrected chi connectivity index (χ4v) is 1.67. The van der Waals surface area contributed by atoms with Crippen LogP contribution in [0.3, 0.4) is 0 Å². The molecule has 1 amide bonds. The van der Waals surface area contributed by atoms with Crippen LogP contribution in [0.4, 0.5) is 14.5 Å². The molecule has 6 heteroatoms. The van der Waals surface area contributed by atoms with E-state index in [0.29, 0.717) is 0 Å². The number of carbonyl (C=O) groups is 1. The first kappa shape index (κ1) is 13.8. The Hall–Kier alpha value is -2.63. The van der Waals surface area contributed by atoms with Crippen LogP contribution in [0.5, 0.6) is 11.5 Å². The van der Waals surface area contributed by atoms with E-state index in [2.05, 4.69) is 0 Å². The van der Waals surface area contributed by atoms with E-state index in [4.69, 9.17) is 16.2 Å². The molecule has 0 bridgehead atoms. The van der Waals surface area contributed by atoms with Crippen molar-refractivity contribution in [3.63, 3.8) is 0 Å². The van der Waals surface area contributed by atoms with Crippen LogP contribution in [0.15, 0.2) is 42.5 Å². The van der Waals surface area contributed by atoms with E-state index in [1.54, 1.807) is 6.07 Å². The van der Waals surface area contributed by atoms with E-state index >= 15 is 0 Å². The molecular weight excluding hydrogens is 266 g/mol. The van der Waals surface area contributed by atoms with E-state index in [1.165, 1.54) is 30.3 Å². The van der Waals surface area contributed by atoms with Crippen LogP contribution < -0.4 is 16.2 Å². The van der Waals surface area contributed by atoms with Crippen LogP contribution in [0, 0.1) is 0 Å². The van der Waals surface area contributed by atoms with E-state index < -0.39 is 12.3 Å². The summed E-state index contributed by atoms with van der Waals surface area (Å²) >= 11 is 0. The first-order valence-corrected chi connectivity index (χ1v) is 5.72. The molecular formula is C14H12F2N2O2. The van der Waals surface area contributed by atoms with E-state index in [9.17, 15) is 13.6 Å². The Morgan fingerprint density at radius 2 is 1.90 bits per heavy atom. The van der Waals surface area contributed by atoms with Gasteiger partial charge in [0.2, 0.25) is 5.91 Å². The van der Waals surface area contributed by atoms with Gasteiger partial charge in [-0.25, -0.2) is 8.78 Å². The summed E-state index contributed by atoms with van der Waals surface area (Å²) < 4.78 is 31.2. The highest BCUT2D eigenvalue weighted by atomic mass is 19.3. The molecule has 0 heterocycles. The molecule has 0 saturated carbocycles. The number of nitrogens with two attached hydrogens (primary N) is 2. The van der Waals surface area contributed by atoms with Crippen molar-refractivity contribution in [2.24, 2.45) is 5.73 Å². The Morgan fingerprint density at radius 3 is 2.55 bits per heavy atom. The van der Waals surface area contributed by atoms with Gasteiger partial charge in [-0.15, -0.1) is 0 Å². The molecule has 4 N–H and O–H groups in total. The van der Waals surface area contributed by atoms with Crippen LogP contribution in [0.1, 0.15) is 22.3 Å². The molecule has 2 aromatic rings. The molecule has 4 nitrogen and oxygen atoms in total. The van der Waals surface area contributed by atoms with Crippen molar-refractivity contribution in [1.82, 2.24) is 0 Å². The second kappa shape index (κ2) is 5.56. The van der Waals surface area contributed by atoms with Crippen LogP contribution in [0.2, 0.25) is 0 Å². The molecule has 104 valence electrons. The van der Waals surface area contributed by atoms with Crippen LogP contribution in [0.25, 0.3) is 0 Å². The summed E-state index contributed by atoms with van der Waals surface area (Å²) in [4.78, 5) is 11.1. The lowest BCUT2D eigenvalue weighted by molar-refractivity contribution is 0.1000. The van der Waals surface area contributed by atoms with Crippen molar-refractivity contribution < 1.29 is 18.3 Å². The largest absolute Gasteiger partial charge is 0.457 e. The highest BCUT2D eigenvalue weighted by Gasteiger charge is 2.15. The number of hydrogen-bond donors (Lipinski definition) is 2. The predicted octanol–water partition coefficient (Wildman–Crippen LogP) is 3.10. The van der Waals surface area contributed by atoms with Crippen molar-refractivity contribution in [3.8, 4) is 11.5 Å². The SMILES string of the molecule is NC(=O)c1cccc(Oc2ccc(N)cc2C(F)F)c1. The summed E-state index contributed by atoms with van der Waals surface area (Å²) in [7, 11) is 0. The van der Waals surface area contributed by atoms with Gasteiger partial charge >= 0.3 is 0 Å². The van der Waals surface area contributed by atoms with Gasteiger partial charge in [0, 0.05) is 11.3 Å². The van der Waals surface area contributed by atoms with Crippen LogP contribution in [-0.4, -0.2) is 5.91 Å². The smallest absolute Gasteiger partial charge is 0.267 e. The molecule has 2 rings (SSSR count). The molecule has 0 unspecified atom stereocenters. The molecule has 0 fully saturated rings. The monoisotopic (exact) mass is 278 g/mol. The number of carbonyl (C=O) groups excluding carboxylic acids is 1. The standard InChI is InChI=1S/C14H12F2N2O2/c15-13(16)11-7-9(17)4-5-12(11)20-10-3-1-2-8(6-10)14(18)19/h1-7,13H,17H2,(H2,18,19). The van der Waals surface area contributed by atoms with Gasteiger partial charge < -0.3 is 16.2 Å². The van der Waals surface area contributed by atoms with Crippen LogP contribution >= 0.6 is 0 Å². The maximum atomic E-state index is 12.9. The summed E-state index contributed by atoms with van der Waals surface area (Å²) in [6, 6.07) is 9.94. The van der Waals surface area contributed by atoms with Gasteiger partial charge in [-0.2, -0.15) is 0 Å². The zero-order valence-corrected chi connectivity index (χ0v) is 10.3. The molecule has 0 atom stereocenters. The first-order valence-electron chi connectivity index (χ1n) is 5.72. The Morgan fingerprint density at radius 1 is 1.15 bits per heavy atom. The van der Waals surface area contributed by atoms with E-state index in [-0.39, 0.29) is 28.3 Å². The molecule has 20 heavy (non-hydrogen) atoms. The lowest BCUT2D eigenvalue weighted by atomic mass is 10.1. The predicted molar refractivity (Wildman–Crippen MR) is 70.8 cm³/mol. The Kier molecular flexibility index (Phi) is 3.84. The summed E-state index contributed by atoms with van der Waals surface area (Å²) in [6.07, 6.45) is -2.71. The lowest BCUT2D eigenvalue weighted by Crippen LogP contribution is -2.10. The van der Waals surface area contributed by atoms with Crippen molar-refractivity contribution in [2.75, 3.05) is 5.73 Å². The topological polar surface area (TPSA) is 78.3 Å². The number of nitrogen functional groups attached to an aromatic ring is 1. The molecule has 0 spiro atoms. The second-order valence-electron chi connectivity index (χ2n) is 4.09. The maximum Gasteiger partial charge on any atom is 0.267 e. The summed E-state index contributed by atoms with van der Waals surface area (Å²) in [5.41, 5.74) is 10.8. The van der Waals surface area contributed by atoms with Crippen molar-refractivity contribution in [2.45, 2.75) is 6.43 Å². The average molecular weight is 278 g/mol. The second-order valence-corrected chi connectivity index (χ2v) is 4.09. The average Bonchev–Trinajstić information content (AvgIpc) is 2.41. The molecule has 0 aliphatic rings. The molecule has 0 saturated heterocycles. The van der Waals surface area contributed by atoms with Gasteiger partial charge in [0.1, 0.15) is 11.5 Å². The Bertz CT molecular complexity index is 645. The molecule has 2 aromatic carbocycles. The van der Waals surface area contributed by atoms with Gasteiger partial charge in [0.05, 0.1) is 5.56 Å². The zero-order chi connectivity index (χ0) is 14.7. The van der Waals surface area contributed by atoms with Crippen molar-refractivity contribution in [3.05, 3.63) is 53.6 Å². The minimum atomic E-state index is -2.71. The maximum absolute atomic E-state index is 12.9. The van der Waals surface area contributed by atoms with E-state index in [0.717, 1.165) is 6.07 Å². The first-order chi connectivity index (χ1) is 9.47. The summed E-state index contributed by atoms with van der Waals surface area (Å²) in [5.74, 6) is -0.398. The fraction of sp³-hybridized carbons (Fsp3) is 0.0714. The third kappa shape index (κ3) is 3.03. The normalized spacial score (nSPS) is 10.6. The lowest BCUT2D eigenvalue weighted by Gasteiger charge is -2.11. The van der Waals surface area contributed by atoms with Gasteiger partial charge in [0.15, 0.2) is 0 Å². The number of benzene rings is 2. The fourth-order valence-electron chi connectivity index (χ4n) is 1.67. The molecule has 0 radical (unpaired) electrons. The number of anilines is 1. The Labute approximate surface area is 114 Å².